The Kier molecular flexibility index (Phi) is 6.47. The molecule has 216 valence electrons. The first-order valence-electron chi connectivity index (χ1n) is 15.7. The SMILES string of the molecule is CC1CC2C=C3C(=CC2C1[Si](C)(C)N(C(C)(C)C)[N+](C)(C)C)C(C)(C)c1cc(-c2cccc4ccccc24)ccc13. The van der Waals surface area contributed by atoms with Crippen molar-refractivity contribution < 1.29 is 4.59 Å². The third-order valence-electron chi connectivity index (χ3n) is 10.6. The van der Waals surface area contributed by atoms with Crippen molar-refractivity contribution in [3.05, 3.63) is 89.5 Å². The van der Waals surface area contributed by atoms with Crippen LogP contribution in [-0.4, -0.2) is 44.2 Å². The molecule has 4 unspecified atom stereocenters. The van der Waals surface area contributed by atoms with E-state index in [0.717, 1.165) is 16.1 Å². The van der Waals surface area contributed by atoms with Gasteiger partial charge in [0.2, 0.25) is 0 Å². The van der Waals surface area contributed by atoms with Crippen LogP contribution in [0, 0.1) is 17.8 Å². The first kappa shape index (κ1) is 28.6. The molecule has 0 saturated heterocycles. The molecule has 0 heterocycles. The number of rotatable bonds is 4. The lowest BCUT2D eigenvalue weighted by molar-refractivity contribution is -0.978. The first-order chi connectivity index (χ1) is 19.0. The van der Waals surface area contributed by atoms with Gasteiger partial charge in [-0.3, -0.25) is 4.59 Å². The monoisotopic (exact) mass is 563 g/mol. The summed E-state index contributed by atoms with van der Waals surface area (Å²) in [5, 5.41) is 2.64. The highest BCUT2D eigenvalue weighted by atomic mass is 28.3. The van der Waals surface area contributed by atoms with Crippen LogP contribution in [0.15, 0.2) is 78.4 Å². The van der Waals surface area contributed by atoms with Gasteiger partial charge >= 0.3 is 0 Å². The molecule has 1 fully saturated rings. The quantitative estimate of drug-likeness (QED) is 0.173. The Morgan fingerprint density at radius 3 is 2.24 bits per heavy atom. The lowest BCUT2D eigenvalue weighted by Crippen LogP contribution is -2.72. The number of allylic oxidation sites excluding steroid dienone is 4. The van der Waals surface area contributed by atoms with Crippen LogP contribution in [0.5, 0.6) is 0 Å². The molecule has 3 aromatic carbocycles. The van der Waals surface area contributed by atoms with Crippen LogP contribution >= 0.6 is 0 Å². The van der Waals surface area contributed by atoms with Gasteiger partial charge in [0.05, 0.1) is 26.7 Å². The van der Waals surface area contributed by atoms with Gasteiger partial charge in [-0.15, -0.1) is 0 Å². The zero-order chi connectivity index (χ0) is 29.7. The van der Waals surface area contributed by atoms with E-state index in [1.54, 1.807) is 5.57 Å². The summed E-state index contributed by atoms with van der Waals surface area (Å²) in [5.74, 6) is 1.98. The summed E-state index contributed by atoms with van der Waals surface area (Å²) in [4.78, 5) is 0. The largest absolute Gasteiger partial charge is 0.257 e. The minimum absolute atomic E-state index is 0.00138. The molecule has 0 spiro atoms. The fourth-order valence-corrected chi connectivity index (χ4v) is 16.5. The van der Waals surface area contributed by atoms with E-state index in [0.29, 0.717) is 11.8 Å². The van der Waals surface area contributed by atoms with Crippen LogP contribution in [0.1, 0.15) is 59.1 Å². The Labute approximate surface area is 250 Å². The van der Waals surface area contributed by atoms with E-state index in [1.807, 2.05) is 0 Å². The molecule has 0 aliphatic heterocycles. The third kappa shape index (κ3) is 4.42. The van der Waals surface area contributed by atoms with Crippen molar-refractivity contribution in [2.45, 2.75) is 77.6 Å². The number of quaternary nitrogens is 1. The van der Waals surface area contributed by atoms with Crippen molar-refractivity contribution in [3.63, 3.8) is 0 Å². The molecule has 3 aliphatic carbocycles. The molecule has 3 heteroatoms. The Balaban J connectivity index is 1.43. The van der Waals surface area contributed by atoms with E-state index in [1.165, 1.54) is 45.0 Å². The molecular formula is C38H51N2Si+. The number of hydrogen-bond acceptors (Lipinski definition) is 1. The van der Waals surface area contributed by atoms with E-state index < -0.39 is 8.24 Å². The lowest BCUT2D eigenvalue weighted by Gasteiger charge is -2.55. The molecule has 3 aliphatic rings. The fraction of sp³-hybridized carbons (Fsp3) is 0.474. The van der Waals surface area contributed by atoms with Crippen LogP contribution in [0.4, 0.5) is 0 Å². The Bertz CT molecular complexity index is 1560. The van der Waals surface area contributed by atoms with Crippen molar-refractivity contribution in [2.75, 3.05) is 21.1 Å². The van der Waals surface area contributed by atoms with Crippen LogP contribution in [0.25, 0.3) is 27.5 Å². The molecule has 6 rings (SSSR count). The van der Waals surface area contributed by atoms with Gasteiger partial charge in [0.25, 0.3) is 0 Å². The number of nitrogens with zero attached hydrogens (tertiary/aromatic N) is 2. The minimum atomic E-state index is -1.86. The average molecular weight is 564 g/mol. The van der Waals surface area contributed by atoms with E-state index in [2.05, 4.69) is 153 Å². The van der Waals surface area contributed by atoms with Gasteiger partial charge in [-0.25, -0.2) is 0 Å². The normalized spacial score (nSPS) is 25.6. The summed E-state index contributed by atoms with van der Waals surface area (Å²) in [6.45, 7) is 20.1. The topological polar surface area (TPSA) is 3.24 Å². The predicted molar refractivity (Wildman–Crippen MR) is 180 cm³/mol. The van der Waals surface area contributed by atoms with Crippen molar-refractivity contribution in [1.29, 1.82) is 0 Å². The second-order valence-electron chi connectivity index (χ2n) is 16.1. The predicted octanol–water partition coefficient (Wildman–Crippen LogP) is 9.69. The van der Waals surface area contributed by atoms with Gasteiger partial charge in [0.1, 0.15) is 0 Å². The molecule has 3 aromatic rings. The van der Waals surface area contributed by atoms with Crippen molar-refractivity contribution >= 4 is 24.6 Å². The third-order valence-corrected chi connectivity index (χ3v) is 15.5. The van der Waals surface area contributed by atoms with Gasteiger partial charge < -0.3 is 0 Å². The van der Waals surface area contributed by atoms with Gasteiger partial charge in [0, 0.05) is 5.41 Å². The van der Waals surface area contributed by atoms with Gasteiger partial charge in [-0.1, -0.05) is 101 Å². The molecule has 41 heavy (non-hydrogen) atoms. The molecule has 0 aromatic heterocycles. The lowest BCUT2D eigenvalue weighted by atomic mass is 9.76. The number of benzene rings is 3. The molecule has 0 radical (unpaired) electrons. The summed E-state index contributed by atoms with van der Waals surface area (Å²) in [6, 6.07) is 22.8. The van der Waals surface area contributed by atoms with Crippen molar-refractivity contribution in [2.24, 2.45) is 17.8 Å². The van der Waals surface area contributed by atoms with Gasteiger partial charge in [0.15, 0.2) is 8.24 Å². The Morgan fingerprint density at radius 1 is 0.878 bits per heavy atom. The number of fused-ring (bicyclic) bond motifs is 5. The van der Waals surface area contributed by atoms with Crippen LogP contribution in [0.2, 0.25) is 18.6 Å². The second kappa shape index (κ2) is 9.27. The van der Waals surface area contributed by atoms with E-state index in [9.17, 15) is 0 Å². The molecular weight excluding hydrogens is 513 g/mol. The number of hydrogen-bond donors (Lipinski definition) is 0. The van der Waals surface area contributed by atoms with Crippen LogP contribution in [-0.2, 0) is 5.41 Å². The first-order valence-corrected chi connectivity index (χ1v) is 18.7. The van der Waals surface area contributed by atoms with E-state index in [-0.39, 0.29) is 11.0 Å². The summed E-state index contributed by atoms with van der Waals surface area (Å²) in [7, 11) is 5.26. The fourth-order valence-electron chi connectivity index (χ4n) is 10.1. The van der Waals surface area contributed by atoms with Crippen molar-refractivity contribution in [1.82, 2.24) is 4.67 Å². The zero-order valence-corrected chi connectivity index (χ0v) is 28.3. The molecule has 2 nitrogen and oxygen atoms in total. The molecule has 0 N–H and O–H groups in total. The van der Waals surface area contributed by atoms with Crippen LogP contribution < -0.4 is 0 Å². The standard InChI is InChI=1S/C38H51N2Si/c1-25-21-28-22-33-31-20-19-27(30-18-14-16-26-15-12-13-17-29(26)30)23-34(31)38(5,6)35(33)24-32(28)36(25)41(10,11)39(37(2,3)4)40(7,8)9/h12-20,22-25,28,32,36H,21H2,1-11H3/q+1. The highest BCUT2D eigenvalue weighted by Crippen LogP contribution is 2.61. The highest BCUT2D eigenvalue weighted by Gasteiger charge is 2.58. The maximum absolute atomic E-state index is 2.90. The van der Waals surface area contributed by atoms with E-state index in [4.69, 9.17) is 0 Å². The summed E-state index contributed by atoms with van der Waals surface area (Å²) in [6.07, 6.45) is 6.79. The molecule has 1 saturated carbocycles. The summed E-state index contributed by atoms with van der Waals surface area (Å²) >= 11 is 0. The van der Waals surface area contributed by atoms with Gasteiger partial charge in [-0.05, 0) is 101 Å². The Hall–Kier alpha value is -2.46. The smallest absolute Gasteiger partial charge is 0.191 e. The van der Waals surface area contributed by atoms with E-state index >= 15 is 0 Å². The maximum Gasteiger partial charge on any atom is 0.191 e. The Morgan fingerprint density at radius 2 is 1.56 bits per heavy atom. The van der Waals surface area contributed by atoms with Crippen molar-refractivity contribution in [3.8, 4) is 11.1 Å². The minimum Gasteiger partial charge on any atom is -0.257 e. The van der Waals surface area contributed by atoms with Gasteiger partial charge in [-0.2, -0.15) is 4.67 Å². The highest BCUT2D eigenvalue weighted by molar-refractivity contribution is 6.76. The van der Waals surface area contributed by atoms with Crippen LogP contribution in [0.3, 0.4) is 0 Å². The molecule has 0 amide bonds. The molecule has 0 bridgehead atoms. The average Bonchev–Trinajstić information content (AvgIpc) is 3.30. The second-order valence-corrected chi connectivity index (χ2v) is 20.5. The maximum atomic E-state index is 2.90. The summed E-state index contributed by atoms with van der Waals surface area (Å²) in [5.41, 5.74) is 9.54. The summed E-state index contributed by atoms with van der Waals surface area (Å²) < 4.78 is 3.79. The zero-order valence-electron chi connectivity index (χ0n) is 27.3. The molecule has 4 atom stereocenters.